The van der Waals surface area contributed by atoms with Crippen molar-refractivity contribution in [2.24, 2.45) is 5.41 Å². The number of sulfonamides is 1. The van der Waals surface area contributed by atoms with E-state index in [1.807, 2.05) is 24.3 Å². The monoisotopic (exact) mass is 418 g/mol. The molecule has 0 N–H and O–H groups in total. The van der Waals surface area contributed by atoms with E-state index >= 15 is 0 Å². The van der Waals surface area contributed by atoms with E-state index in [-0.39, 0.29) is 27.9 Å². The van der Waals surface area contributed by atoms with Crippen LogP contribution in [0.2, 0.25) is 5.02 Å². The molecule has 2 aromatic rings. The molecule has 4 rings (SSSR count). The van der Waals surface area contributed by atoms with E-state index in [0.29, 0.717) is 6.54 Å². The molecule has 0 atom stereocenters. The van der Waals surface area contributed by atoms with Gasteiger partial charge in [-0.05, 0) is 50.1 Å². The summed E-state index contributed by atoms with van der Waals surface area (Å²) in [5.74, 6) is -1.11. The fraction of sp³-hybridized carbons (Fsp3) is 0.300. The summed E-state index contributed by atoms with van der Waals surface area (Å²) in [5.41, 5.74) is 1.19. The number of carbonyl (C=O) groups excluding carboxylic acids is 2. The summed E-state index contributed by atoms with van der Waals surface area (Å²) in [7, 11) is -3.86. The second-order valence-electron chi connectivity index (χ2n) is 7.71. The van der Waals surface area contributed by atoms with Crippen molar-refractivity contribution in [2.45, 2.75) is 20.3 Å². The first-order valence-corrected chi connectivity index (χ1v) is 10.9. The number of halogens is 1. The second kappa shape index (κ2) is 6.32. The smallest absolute Gasteiger partial charge is 0.258 e. The van der Waals surface area contributed by atoms with Crippen LogP contribution < -0.4 is 9.21 Å². The number of anilines is 2. The first-order valence-electron chi connectivity index (χ1n) is 8.88. The Morgan fingerprint density at radius 1 is 1.11 bits per heavy atom. The Balaban J connectivity index is 1.75. The maximum absolute atomic E-state index is 13.1. The predicted molar refractivity (Wildman–Crippen MR) is 108 cm³/mol. The summed E-state index contributed by atoms with van der Waals surface area (Å²) in [6, 6.07) is 12.1. The number of amides is 2. The molecule has 2 aliphatic heterocycles. The lowest BCUT2D eigenvalue weighted by Crippen LogP contribution is -2.34. The molecule has 2 heterocycles. The number of nitrogens with zero attached hydrogens (tertiary/aromatic N) is 2. The lowest BCUT2D eigenvalue weighted by molar-refractivity contribution is -0.123. The Kier molecular flexibility index (Phi) is 4.28. The molecule has 8 heteroatoms. The molecule has 1 fully saturated rings. The fourth-order valence-corrected chi connectivity index (χ4v) is 6.12. The Morgan fingerprint density at radius 2 is 1.82 bits per heavy atom. The van der Waals surface area contributed by atoms with Crippen LogP contribution in [0.4, 0.5) is 11.4 Å². The summed E-state index contributed by atoms with van der Waals surface area (Å²) >= 11 is 6.22. The van der Waals surface area contributed by atoms with E-state index in [1.165, 1.54) is 12.1 Å². The largest absolute Gasteiger partial charge is 0.308 e. The van der Waals surface area contributed by atoms with Gasteiger partial charge in [0.05, 0.1) is 21.9 Å². The zero-order chi connectivity index (χ0) is 20.3. The Morgan fingerprint density at radius 3 is 2.50 bits per heavy atom. The van der Waals surface area contributed by atoms with Crippen molar-refractivity contribution in [1.29, 1.82) is 0 Å². The van der Waals surface area contributed by atoms with Crippen LogP contribution in [0.1, 0.15) is 29.8 Å². The maximum atomic E-state index is 13.1. The van der Waals surface area contributed by atoms with Gasteiger partial charge in [-0.25, -0.2) is 12.7 Å². The van der Waals surface area contributed by atoms with E-state index in [9.17, 15) is 18.0 Å². The number of hydrogen-bond acceptors (Lipinski definition) is 4. The molecule has 0 radical (unpaired) electrons. The number of para-hydroxylation sites is 1. The normalized spacial score (nSPS) is 19.8. The van der Waals surface area contributed by atoms with E-state index in [0.717, 1.165) is 22.0 Å². The molecule has 2 aromatic carbocycles. The van der Waals surface area contributed by atoms with Crippen LogP contribution in [0.15, 0.2) is 42.5 Å². The van der Waals surface area contributed by atoms with Crippen molar-refractivity contribution in [3.63, 3.8) is 0 Å². The standard InChI is InChI=1S/C20H19ClN2O4S/c1-20(2)12-28(26,27)23(19(20)25)17-11-14(7-8-15(17)21)18(24)22-10-9-13-5-3-4-6-16(13)22/h3-8,11H,9-10,12H2,1-2H3. The second-order valence-corrected chi connectivity index (χ2v) is 9.94. The highest BCUT2D eigenvalue weighted by atomic mass is 35.5. The van der Waals surface area contributed by atoms with Crippen LogP contribution in [0.3, 0.4) is 0 Å². The van der Waals surface area contributed by atoms with Gasteiger partial charge in [0.15, 0.2) is 0 Å². The van der Waals surface area contributed by atoms with Gasteiger partial charge in [-0.2, -0.15) is 0 Å². The quantitative estimate of drug-likeness (QED) is 0.750. The van der Waals surface area contributed by atoms with E-state index in [4.69, 9.17) is 11.6 Å². The SMILES string of the molecule is CC1(C)CS(=O)(=O)N(c2cc(C(=O)N3CCc4ccccc43)ccc2Cl)C1=O. The number of rotatable bonds is 2. The van der Waals surface area contributed by atoms with Gasteiger partial charge in [0, 0.05) is 17.8 Å². The van der Waals surface area contributed by atoms with Crippen molar-refractivity contribution < 1.29 is 18.0 Å². The first-order chi connectivity index (χ1) is 13.1. The van der Waals surface area contributed by atoms with Crippen LogP contribution >= 0.6 is 11.6 Å². The van der Waals surface area contributed by atoms with Crippen LogP contribution in [-0.2, 0) is 21.2 Å². The molecular formula is C20H19ClN2O4S. The number of fused-ring (bicyclic) bond motifs is 1. The molecule has 0 bridgehead atoms. The summed E-state index contributed by atoms with van der Waals surface area (Å²) in [4.78, 5) is 27.4. The molecule has 0 aromatic heterocycles. The molecule has 2 aliphatic rings. The van der Waals surface area contributed by atoms with Gasteiger partial charge in [0.25, 0.3) is 5.91 Å². The molecule has 0 spiro atoms. The van der Waals surface area contributed by atoms with Crippen molar-refractivity contribution in [3.8, 4) is 0 Å². The average molecular weight is 419 g/mol. The van der Waals surface area contributed by atoms with Gasteiger partial charge in [-0.15, -0.1) is 0 Å². The van der Waals surface area contributed by atoms with E-state index in [2.05, 4.69) is 0 Å². The zero-order valence-corrected chi connectivity index (χ0v) is 17.0. The third-order valence-corrected chi connectivity index (χ3v) is 7.45. The van der Waals surface area contributed by atoms with Gasteiger partial charge >= 0.3 is 0 Å². The Labute approximate surface area is 168 Å². The highest BCUT2D eigenvalue weighted by molar-refractivity contribution is 7.94. The zero-order valence-electron chi connectivity index (χ0n) is 15.5. The number of carbonyl (C=O) groups is 2. The van der Waals surface area contributed by atoms with Crippen molar-refractivity contribution in [3.05, 3.63) is 58.6 Å². The Bertz CT molecular complexity index is 1110. The lowest BCUT2D eigenvalue weighted by atomic mass is 9.95. The van der Waals surface area contributed by atoms with Crippen molar-refractivity contribution in [1.82, 2.24) is 0 Å². The van der Waals surface area contributed by atoms with Gasteiger partial charge < -0.3 is 4.90 Å². The van der Waals surface area contributed by atoms with Crippen molar-refractivity contribution in [2.75, 3.05) is 21.5 Å². The van der Waals surface area contributed by atoms with Gasteiger partial charge in [0.1, 0.15) is 0 Å². The third-order valence-electron chi connectivity index (χ3n) is 5.13. The van der Waals surface area contributed by atoms with Gasteiger partial charge in [-0.3, -0.25) is 9.59 Å². The van der Waals surface area contributed by atoms with Crippen LogP contribution in [0.25, 0.3) is 0 Å². The maximum Gasteiger partial charge on any atom is 0.258 e. The molecule has 0 unspecified atom stereocenters. The van der Waals surface area contributed by atoms with Crippen LogP contribution in [0, 0.1) is 5.41 Å². The minimum Gasteiger partial charge on any atom is -0.308 e. The summed E-state index contributed by atoms with van der Waals surface area (Å²) < 4.78 is 25.9. The molecule has 28 heavy (non-hydrogen) atoms. The molecule has 1 saturated heterocycles. The highest BCUT2D eigenvalue weighted by Gasteiger charge is 2.50. The fourth-order valence-electron chi connectivity index (χ4n) is 3.75. The van der Waals surface area contributed by atoms with E-state index in [1.54, 1.807) is 24.8 Å². The Hall–Kier alpha value is -2.38. The third kappa shape index (κ3) is 2.89. The van der Waals surface area contributed by atoms with Crippen molar-refractivity contribution >= 4 is 44.8 Å². The van der Waals surface area contributed by atoms with Crippen LogP contribution in [-0.4, -0.2) is 32.5 Å². The molecule has 6 nitrogen and oxygen atoms in total. The molecular weight excluding hydrogens is 400 g/mol. The van der Waals surface area contributed by atoms with E-state index < -0.39 is 21.3 Å². The highest BCUT2D eigenvalue weighted by Crippen LogP contribution is 2.39. The minimum absolute atomic E-state index is 0.0237. The topological polar surface area (TPSA) is 74.8 Å². The first kappa shape index (κ1) is 19.0. The predicted octanol–water partition coefficient (Wildman–Crippen LogP) is 3.25. The minimum atomic E-state index is -3.86. The van der Waals surface area contributed by atoms with Gasteiger partial charge in [-0.1, -0.05) is 29.8 Å². The molecule has 146 valence electrons. The number of hydrogen-bond donors (Lipinski definition) is 0. The molecule has 0 saturated carbocycles. The summed E-state index contributed by atoms with van der Waals surface area (Å²) in [6.07, 6.45) is 0.759. The van der Waals surface area contributed by atoms with Gasteiger partial charge in [0.2, 0.25) is 15.9 Å². The van der Waals surface area contributed by atoms with Crippen LogP contribution in [0.5, 0.6) is 0 Å². The average Bonchev–Trinajstić information content (AvgIpc) is 3.12. The number of benzene rings is 2. The summed E-state index contributed by atoms with van der Waals surface area (Å²) in [5, 5.41) is 0.105. The molecule has 2 amide bonds. The summed E-state index contributed by atoms with van der Waals surface area (Å²) in [6.45, 7) is 3.71. The molecule has 0 aliphatic carbocycles. The lowest BCUT2D eigenvalue weighted by Gasteiger charge is -2.21.